The van der Waals surface area contributed by atoms with E-state index in [0.29, 0.717) is 0 Å². The van der Waals surface area contributed by atoms with Crippen molar-refractivity contribution in [2.24, 2.45) is 0 Å². The van der Waals surface area contributed by atoms with Crippen LogP contribution >= 0.6 is 11.6 Å². The van der Waals surface area contributed by atoms with Crippen LogP contribution in [-0.2, 0) is 6.54 Å². The zero-order chi connectivity index (χ0) is 12.1. The van der Waals surface area contributed by atoms with Crippen molar-refractivity contribution >= 4 is 11.6 Å². The molecule has 2 aromatic rings. The minimum atomic E-state index is 0.750. The number of nitrogens with zero attached hydrogens (tertiary/aromatic N) is 1. The number of rotatable bonds is 4. The molecule has 88 valence electrons. The molecule has 2 rings (SSSR count). The minimum absolute atomic E-state index is 0.750. The van der Waals surface area contributed by atoms with Crippen molar-refractivity contribution in [3.63, 3.8) is 0 Å². The maximum atomic E-state index is 5.99. The monoisotopic (exact) mass is 246 g/mol. The fourth-order valence-electron chi connectivity index (χ4n) is 1.68. The van der Waals surface area contributed by atoms with E-state index >= 15 is 0 Å². The molecule has 17 heavy (non-hydrogen) atoms. The lowest BCUT2D eigenvalue weighted by atomic mass is 10.1. The lowest BCUT2D eigenvalue weighted by molar-refractivity contribution is 0.724. The third-order valence-electron chi connectivity index (χ3n) is 2.53. The lowest BCUT2D eigenvalue weighted by Crippen LogP contribution is -2.11. The van der Waals surface area contributed by atoms with Gasteiger partial charge in [-0.15, -0.1) is 0 Å². The summed E-state index contributed by atoms with van der Waals surface area (Å²) in [7, 11) is 0. The quantitative estimate of drug-likeness (QED) is 0.893. The van der Waals surface area contributed by atoms with Gasteiger partial charge >= 0.3 is 0 Å². The Labute approximate surface area is 107 Å². The Morgan fingerprint density at radius 1 is 1.18 bits per heavy atom. The summed E-state index contributed by atoms with van der Waals surface area (Å²) >= 11 is 5.99. The van der Waals surface area contributed by atoms with Gasteiger partial charge in [-0.1, -0.05) is 30.7 Å². The average Bonchev–Trinajstić information content (AvgIpc) is 2.37. The van der Waals surface area contributed by atoms with E-state index in [-0.39, 0.29) is 0 Å². The largest absolute Gasteiger partial charge is 0.313 e. The van der Waals surface area contributed by atoms with Crippen molar-refractivity contribution in [1.82, 2.24) is 10.3 Å². The highest BCUT2D eigenvalue weighted by molar-refractivity contribution is 6.30. The predicted molar refractivity (Wildman–Crippen MR) is 72.1 cm³/mol. The van der Waals surface area contributed by atoms with E-state index in [2.05, 4.69) is 23.3 Å². The highest BCUT2D eigenvalue weighted by Gasteiger charge is 2.00. The van der Waals surface area contributed by atoms with Crippen LogP contribution in [0.3, 0.4) is 0 Å². The van der Waals surface area contributed by atoms with Crippen molar-refractivity contribution in [1.29, 1.82) is 0 Å². The summed E-state index contributed by atoms with van der Waals surface area (Å²) < 4.78 is 0. The van der Waals surface area contributed by atoms with Crippen LogP contribution in [0, 0.1) is 0 Å². The topological polar surface area (TPSA) is 24.9 Å². The summed E-state index contributed by atoms with van der Waals surface area (Å²) in [6.07, 6.45) is 3.75. The number of aromatic nitrogens is 1. The number of pyridine rings is 1. The van der Waals surface area contributed by atoms with Gasteiger partial charge < -0.3 is 5.32 Å². The van der Waals surface area contributed by atoms with Crippen LogP contribution in [0.4, 0.5) is 0 Å². The van der Waals surface area contributed by atoms with E-state index in [1.165, 1.54) is 5.56 Å². The fourth-order valence-corrected chi connectivity index (χ4v) is 1.87. The van der Waals surface area contributed by atoms with Crippen molar-refractivity contribution in [2.75, 3.05) is 6.54 Å². The van der Waals surface area contributed by atoms with Crippen molar-refractivity contribution < 1.29 is 0 Å². The maximum Gasteiger partial charge on any atom is 0.0412 e. The van der Waals surface area contributed by atoms with Crippen LogP contribution < -0.4 is 5.32 Å². The molecule has 1 aromatic carbocycles. The van der Waals surface area contributed by atoms with Gasteiger partial charge in [0.05, 0.1) is 0 Å². The molecule has 0 radical (unpaired) electrons. The highest BCUT2D eigenvalue weighted by atomic mass is 35.5. The number of benzene rings is 1. The van der Waals surface area contributed by atoms with Crippen LogP contribution in [0.25, 0.3) is 11.1 Å². The molecule has 0 saturated heterocycles. The molecule has 3 heteroatoms. The summed E-state index contributed by atoms with van der Waals surface area (Å²) in [4.78, 5) is 4.26. The molecule has 0 saturated carbocycles. The van der Waals surface area contributed by atoms with E-state index in [1.54, 1.807) is 0 Å². The summed E-state index contributed by atoms with van der Waals surface area (Å²) in [5.41, 5.74) is 3.38. The van der Waals surface area contributed by atoms with Crippen molar-refractivity contribution in [3.05, 3.63) is 53.3 Å². The molecule has 0 bridgehead atoms. The van der Waals surface area contributed by atoms with Gasteiger partial charge in [0, 0.05) is 29.5 Å². The van der Waals surface area contributed by atoms with Gasteiger partial charge in [-0.25, -0.2) is 0 Å². The first-order valence-electron chi connectivity index (χ1n) is 5.70. The molecule has 1 heterocycles. The van der Waals surface area contributed by atoms with Crippen molar-refractivity contribution in [2.45, 2.75) is 13.5 Å². The maximum absolute atomic E-state index is 5.99. The van der Waals surface area contributed by atoms with Gasteiger partial charge in [-0.3, -0.25) is 4.98 Å². The first kappa shape index (κ1) is 12.1. The van der Waals surface area contributed by atoms with Gasteiger partial charge in [-0.05, 0) is 35.9 Å². The van der Waals surface area contributed by atoms with Gasteiger partial charge in [-0.2, -0.15) is 0 Å². The molecule has 0 amide bonds. The smallest absolute Gasteiger partial charge is 0.0412 e. The second-order valence-corrected chi connectivity index (χ2v) is 4.31. The van der Waals surface area contributed by atoms with Gasteiger partial charge in [0.1, 0.15) is 0 Å². The average molecular weight is 247 g/mol. The molecule has 2 nitrogen and oxygen atoms in total. The molecular formula is C14H15ClN2. The Morgan fingerprint density at radius 2 is 2.06 bits per heavy atom. The van der Waals surface area contributed by atoms with Crippen LogP contribution in [0.2, 0.25) is 5.02 Å². The SMILES string of the molecule is CCNCc1cncc(-c2cccc(Cl)c2)c1. The number of hydrogen-bond donors (Lipinski definition) is 1. The molecule has 0 fully saturated rings. The van der Waals surface area contributed by atoms with Gasteiger partial charge in [0.2, 0.25) is 0 Å². The zero-order valence-electron chi connectivity index (χ0n) is 9.78. The van der Waals surface area contributed by atoms with Crippen molar-refractivity contribution in [3.8, 4) is 11.1 Å². The third-order valence-corrected chi connectivity index (χ3v) is 2.77. The Bertz CT molecular complexity index is 497. The predicted octanol–water partition coefficient (Wildman–Crippen LogP) is 3.51. The summed E-state index contributed by atoms with van der Waals surface area (Å²) in [6.45, 7) is 3.90. The lowest BCUT2D eigenvalue weighted by Gasteiger charge is -2.05. The second-order valence-electron chi connectivity index (χ2n) is 3.87. The number of hydrogen-bond acceptors (Lipinski definition) is 2. The van der Waals surface area contributed by atoms with Crippen LogP contribution in [0.15, 0.2) is 42.7 Å². The Balaban J connectivity index is 2.26. The third kappa shape index (κ3) is 3.29. The van der Waals surface area contributed by atoms with E-state index in [9.17, 15) is 0 Å². The Hall–Kier alpha value is -1.38. The van der Waals surface area contributed by atoms with Crippen LogP contribution in [0.5, 0.6) is 0 Å². The fraction of sp³-hybridized carbons (Fsp3) is 0.214. The van der Waals surface area contributed by atoms with E-state index in [4.69, 9.17) is 11.6 Å². The second kappa shape index (κ2) is 5.80. The van der Waals surface area contributed by atoms with E-state index in [0.717, 1.165) is 29.2 Å². The van der Waals surface area contributed by atoms with Crippen LogP contribution in [0.1, 0.15) is 12.5 Å². The van der Waals surface area contributed by atoms with Gasteiger partial charge in [0.25, 0.3) is 0 Å². The molecular weight excluding hydrogens is 232 g/mol. The van der Waals surface area contributed by atoms with E-state index < -0.39 is 0 Å². The molecule has 0 unspecified atom stereocenters. The Morgan fingerprint density at radius 3 is 2.82 bits per heavy atom. The molecule has 0 aliphatic rings. The summed E-state index contributed by atoms with van der Waals surface area (Å²) in [5.74, 6) is 0. The standard InChI is InChI=1S/C14H15ClN2/c1-2-16-8-11-6-13(10-17-9-11)12-4-3-5-14(15)7-12/h3-7,9-10,16H,2,8H2,1H3. The minimum Gasteiger partial charge on any atom is -0.313 e. The molecule has 0 spiro atoms. The van der Waals surface area contributed by atoms with Gasteiger partial charge in [0.15, 0.2) is 0 Å². The Kier molecular flexibility index (Phi) is 4.13. The summed E-state index contributed by atoms with van der Waals surface area (Å²) in [5, 5.41) is 4.04. The number of nitrogens with one attached hydrogen (secondary N) is 1. The molecule has 0 aliphatic carbocycles. The molecule has 1 N–H and O–H groups in total. The molecule has 0 atom stereocenters. The van der Waals surface area contributed by atoms with Crippen LogP contribution in [-0.4, -0.2) is 11.5 Å². The summed E-state index contributed by atoms with van der Waals surface area (Å²) in [6, 6.07) is 9.96. The molecule has 0 aliphatic heterocycles. The zero-order valence-corrected chi connectivity index (χ0v) is 10.5. The normalized spacial score (nSPS) is 10.5. The van der Waals surface area contributed by atoms with E-state index in [1.807, 2.05) is 36.7 Å². The number of halogens is 1. The first-order chi connectivity index (χ1) is 8.29. The first-order valence-corrected chi connectivity index (χ1v) is 6.08. The molecule has 1 aromatic heterocycles. The highest BCUT2D eigenvalue weighted by Crippen LogP contribution is 2.22.